The predicted octanol–water partition coefficient (Wildman–Crippen LogP) is 4.86. The Balaban J connectivity index is 1.73. The van der Waals surface area contributed by atoms with Crippen molar-refractivity contribution >= 4 is 33.5 Å². The highest BCUT2D eigenvalue weighted by Crippen LogP contribution is 2.28. The summed E-state index contributed by atoms with van der Waals surface area (Å²) in [5.41, 5.74) is 1.51. The maximum Gasteiger partial charge on any atom is 0.277 e. The van der Waals surface area contributed by atoms with E-state index in [0.717, 1.165) is 10.0 Å². The maximum absolute atomic E-state index is 12.4. The smallest absolute Gasteiger partial charge is 0.277 e. The normalized spacial score (nSPS) is 12.1. The van der Waals surface area contributed by atoms with Crippen molar-refractivity contribution in [1.82, 2.24) is 10.2 Å². The van der Waals surface area contributed by atoms with Crippen LogP contribution in [-0.2, 0) is 0 Å². The number of carbonyl (C=O) groups excluding carboxylic acids is 1. The van der Waals surface area contributed by atoms with Gasteiger partial charge in [-0.15, -0.1) is 10.2 Å². The fourth-order valence-electron chi connectivity index (χ4n) is 2.04. The molecule has 0 aliphatic rings. The third kappa shape index (κ3) is 3.89. The van der Waals surface area contributed by atoms with Gasteiger partial charge in [-0.3, -0.25) is 4.79 Å². The lowest BCUT2D eigenvalue weighted by Crippen LogP contribution is -2.13. The molecular weight excluding hydrogens is 376 g/mol. The van der Waals surface area contributed by atoms with Gasteiger partial charge >= 0.3 is 0 Å². The third-order valence-electron chi connectivity index (χ3n) is 3.18. The van der Waals surface area contributed by atoms with Crippen LogP contribution >= 0.6 is 27.7 Å². The van der Waals surface area contributed by atoms with E-state index in [1.807, 2.05) is 49.4 Å². The summed E-state index contributed by atoms with van der Waals surface area (Å²) in [6.07, 6.45) is 0. The minimum atomic E-state index is -0.298. The molecule has 23 heavy (non-hydrogen) atoms. The molecule has 1 atom stereocenters. The van der Waals surface area contributed by atoms with Crippen LogP contribution in [0.2, 0.25) is 0 Å². The van der Waals surface area contributed by atoms with Crippen molar-refractivity contribution < 1.29 is 9.21 Å². The molecule has 3 aromatic rings. The molecule has 3 rings (SSSR count). The van der Waals surface area contributed by atoms with Gasteiger partial charge in [-0.2, -0.15) is 0 Å². The van der Waals surface area contributed by atoms with Gasteiger partial charge in [-0.25, -0.2) is 0 Å². The molecule has 0 saturated carbocycles. The number of ketones is 1. The molecule has 0 amide bonds. The largest absolute Gasteiger partial charge is 0.411 e. The molecule has 0 saturated heterocycles. The number of carbonyl (C=O) groups is 1. The molecule has 6 heteroatoms. The first-order valence-electron chi connectivity index (χ1n) is 6.99. The minimum Gasteiger partial charge on any atom is -0.411 e. The second-order valence-electron chi connectivity index (χ2n) is 4.87. The molecule has 1 heterocycles. The lowest BCUT2D eigenvalue weighted by molar-refractivity contribution is 0.0993. The summed E-state index contributed by atoms with van der Waals surface area (Å²) >= 11 is 4.68. The van der Waals surface area contributed by atoms with Gasteiger partial charge in [0.1, 0.15) is 0 Å². The van der Waals surface area contributed by atoms with Crippen LogP contribution in [0.15, 0.2) is 68.7 Å². The lowest BCUT2D eigenvalue weighted by Gasteiger charge is -2.06. The Morgan fingerprint density at radius 3 is 2.65 bits per heavy atom. The zero-order valence-electron chi connectivity index (χ0n) is 12.3. The number of rotatable bonds is 5. The highest BCUT2D eigenvalue weighted by Gasteiger charge is 2.19. The predicted molar refractivity (Wildman–Crippen MR) is 93.5 cm³/mol. The molecule has 0 fully saturated rings. The molecule has 2 aromatic carbocycles. The topological polar surface area (TPSA) is 56.0 Å². The van der Waals surface area contributed by atoms with Gasteiger partial charge in [0.25, 0.3) is 5.22 Å². The standard InChI is InChI=1S/C17H13BrN2O2S/c1-11(15(21)12-6-3-2-4-7-12)23-17-20-19-16(22-17)13-8-5-9-14(18)10-13/h2-11H,1H3/t11-/m1/s1. The van der Waals surface area contributed by atoms with Crippen molar-refractivity contribution in [3.63, 3.8) is 0 Å². The monoisotopic (exact) mass is 388 g/mol. The van der Waals surface area contributed by atoms with Crippen molar-refractivity contribution in [3.8, 4) is 11.5 Å². The van der Waals surface area contributed by atoms with E-state index in [-0.39, 0.29) is 11.0 Å². The Labute approximate surface area is 146 Å². The highest BCUT2D eigenvalue weighted by atomic mass is 79.9. The number of aromatic nitrogens is 2. The Morgan fingerprint density at radius 2 is 1.91 bits per heavy atom. The van der Waals surface area contributed by atoms with Gasteiger partial charge in [0, 0.05) is 15.6 Å². The lowest BCUT2D eigenvalue weighted by atomic mass is 10.1. The van der Waals surface area contributed by atoms with Crippen LogP contribution in [0.25, 0.3) is 11.5 Å². The van der Waals surface area contributed by atoms with Crippen molar-refractivity contribution in [2.45, 2.75) is 17.4 Å². The number of nitrogens with zero attached hydrogens (tertiary/aromatic N) is 2. The van der Waals surface area contributed by atoms with Gasteiger partial charge < -0.3 is 4.42 Å². The number of halogens is 1. The van der Waals surface area contributed by atoms with E-state index in [2.05, 4.69) is 26.1 Å². The van der Waals surface area contributed by atoms with Gasteiger partial charge in [0.15, 0.2) is 5.78 Å². The SMILES string of the molecule is C[C@@H](Sc1nnc(-c2cccc(Br)c2)o1)C(=O)c1ccccc1. The molecule has 4 nitrogen and oxygen atoms in total. The zero-order valence-corrected chi connectivity index (χ0v) is 14.7. The quantitative estimate of drug-likeness (QED) is 0.461. The van der Waals surface area contributed by atoms with Gasteiger partial charge in [-0.05, 0) is 25.1 Å². The van der Waals surface area contributed by atoms with Crippen molar-refractivity contribution in [1.29, 1.82) is 0 Å². The molecular formula is C17H13BrN2O2S. The first-order chi connectivity index (χ1) is 11.1. The van der Waals surface area contributed by atoms with Gasteiger partial charge in [0.2, 0.25) is 5.89 Å². The number of hydrogen-bond donors (Lipinski definition) is 0. The molecule has 0 N–H and O–H groups in total. The molecule has 0 radical (unpaired) electrons. The van der Waals surface area contributed by atoms with Crippen LogP contribution in [0.3, 0.4) is 0 Å². The Hall–Kier alpha value is -1.92. The van der Waals surface area contributed by atoms with E-state index >= 15 is 0 Å². The van der Waals surface area contributed by atoms with E-state index in [1.165, 1.54) is 11.8 Å². The molecule has 0 aliphatic carbocycles. The summed E-state index contributed by atoms with van der Waals surface area (Å²) in [6.45, 7) is 1.84. The van der Waals surface area contributed by atoms with Crippen LogP contribution in [0.1, 0.15) is 17.3 Å². The van der Waals surface area contributed by atoms with Gasteiger partial charge in [-0.1, -0.05) is 64.1 Å². The first kappa shape index (κ1) is 16.0. The van der Waals surface area contributed by atoms with Crippen molar-refractivity contribution in [2.75, 3.05) is 0 Å². The highest BCUT2D eigenvalue weighted by molar-refractivity contribution is 9.10. The molecule has 0 unspecified atom stereocenters. The minimum absolute atomic E-state index is 0.0396. The Morgan fingerprint density at radius 1 is 1.13 bits per heavy atom. The summed E-state index contributed by atoms with van der Waals surface area (Å²) in [5, 5.41) is 8.15. The summed E-state index contributed by atoms with van der Waals surface area (Å²) in [7, 11) is 0. The number of hydrogen-bond acceptors (Lipinski definition) is 5. The van der Waals surface area contributed by atoms with Crippen LogP contribution in [0.4, 0.5) is 0 Å². The molecule has 116 valence electrons. The number of thioether (sulfide) groups is 1. The van der Waals surface area contributed by atoms with Crippen molar-refractivity contribution in [2.24, 2.45) is 0 Å². The van der Waals surface area contributed by atoms with Crippen LogP contribution in [0.5, 0.6) is 0 Å². The molecule has 0 spiro atoms. The van der Waals surface area contributed by atoms with E-state index in [0.29, 0.717) is 16.7 Å². The fraction of sp³-hybridized carbons (Fsp3) is 0.118. The molecule has 0 bridgehead atoms. The van der Waals surface area contributed by atoms with E-state index in [1.54, 1.807) is 12.1 Å². The number of Topliss-reactive ketones (excluding diaryl/α,β-unsaturated/α-hetero) is 1. The maximum atomic E-state index is 12.4. The average Bonchev–Trinajstić information content (AvgIpc) is 3.03. The molecule has 0 aliphatic heterocycles. The summed E-state index contributed by atoms with van der Waals surface area (Å²) in [6, 6.07) is 16.8. The molecule has 1 aromatic heterocycles. The Bertz CT molecular complexity index is 820. The number of benzene rings is 2. The fourth-order valence-corrected chi connectivity index (χ4v) is 3.20. The zero-order chi connectivity index (χ0) is 16.2. The second-order valence-corrected chi connectivity index (χ2v) is 7.08. The Kier molecular flexibility index (Phi) is 4.93. The van der Waals surface area contributed by atoms with Crippen LogP contribution in [0, 0.1) is 0 Å². The van der Waals surface area contributed by atoms with Crippen LogP contribution in [-0.4, -0.2) is 21.2 Å². The summed E-state index contributed by atoms with van der Waals surface area (Å²) < 4.78 is 6.59. The van der Waals surface area contributed by atoms with Crippen LogP contribution < -0.4 is 0 Å². The second kappa shape index (κ2) is 7.10. The van der Waals surface area contributed by atoms with E-state index in [4.69, 9.17) is 4.42 Å². The summed E-state index contributed by atoms with van der Waals surface area (Å²) in [5.74, 6) is 0.478. The third-order valence-corrected chi connectivity index (χ3v) is 4.61. The average molecular weight is 389 g/mol. The van der Waals surface area contributed by atoms with E-state index in [9.17, 15) is 4.79 Å². The van der Waals surface area contributed by atoms with Crippen molar-refractivity contribution in [3.05, 3.63) is 64.6 Å². The summed E-state index contributed by atoms with van der Waals surface area (Å²) in [4.78, 5) is 12.4. The van der Waals surface area contributed by atoms with E-state index < -0.39 is 0 Å². The first-order valence-corrected chi connectivity index (χ1v) is 8.66. The van der Waals surface area contributed by atoms with Gasteiger partial charge in [0.05, 0.1) is 5.25 Å².